The summed E-state index contributed by atoms with van der Waals surface area (Å²) < 4.78 is 2.03. The van der Waals surface area contributed by atoms with E-state index in [4.69, 9.17) is 0 Å². The lowest BCUT2D eigenvalue weighted by Gasteiger charge is -2.34. The second-order valence-corrected chi connectivity index (χ2v) is 8.16. The third-order valence-corrected chi connectivity index (χ3v) is 5.88. The first-order chi connectivity index (χ1) is 16.2. The van der Waals surface area contributed by atoms with Gasteiger partial charge in [0.25, 0.3) is 11.8 Å². The van der Waals surface area contributed by atoms with E-state index in [9.17, 15) is 9.59 Å². The average molecular weight is 440 g/mol. The van der Waals surface area contributed by atoms with Gasteiger partial charge in [0.15, 0.2) is 0 Å². The van der Waals surface area contributed by atoms with Crippen LogP contribution >= 0.6 is 0 Å². The lowest BCUT2D eigenvalue weighted by atomic mass is 10.1. The van der Waals surface area contributed by atoms with E-state index in [1.165, 1.54) is 0 Å². The minimum Gasteiger partial charge on any atom is -0.336 e. The molecule has 7 nitrogen and oxygen atoms in total. The van der Waals surface area contributed by atoms with Crippen LogP contribution in [0.25, 0.3) is 5.65 Å². The number of hydrogen-bond donors (Lipinski definition) is 1. The lowest BCUT2D eigenvalue weighted by molar-refractivity contribution is 0.0627. The SMILES string of the molecule is O=C(Nc1ccc(C(=O)N2CCN(Cc3cn4ccccc4n3)CC2)cc1)c1ccccc1. The molecule has 1 fully saturated rings. The molecule has 0 bridgehead atoms. The third-order valence-electron chi connectivity index (χ3n) is 5.88. The Balaban J connectivity index is 1.15. The van der Waals surface area contributed by atoms with Gasteiger partial charge in [0, 0.05) is 61.9 Å². The summed E-state index contributed by atoms with van der Waals surface area (Å²) in [5.74, 6) is -0.153. The Hall–Kier alpha value is -3.97. The molecule has 33 heavy (non-hydrogen) atoms. The molecule has 1 saturated heterocycles. The Morgan fingerprint density at radius 1 is 0.818 bits per heavy atom. The number of fused-ring (bicyclic) bond motifs is 1. The fourth-order valence-corrected chi connectivity index (χ4v) is 4.07. The zero-order valence-electron chi connectivity index (χ0n) is 18.2. The molecule has 0 unspecified atom stereocenters. The molecule has 2 aromatic heterocycles. The second kappa shape index (κ2) is 9.26. The highest BCUT2D eigenvalue weighted by Gasteiger charge is 2.22. The third kappa shape index (κ3) is 4.78. The van der Waals surface area contributed by atoms with Crippen LogP contribution in [0.5, 0.6) is 0 Å². The molecule has 1 aliphatic heterocycles. The molecule has 4 aromatic rings. The van der Waals surface area contributed by atoms with Crippen LogP contribution in [0.3, 0.4) is 0 Å². The van der Waals surface area contributed by atoms with Crippen LogP contribution in [0.2, 0.25) is 0 Å². The van der Waals surface area contributed by atoms with Gasteiger partial charge in [-0.2, -0.15) is 0 Å². The van der Waals surface area contributed by atoms with Crippen molar-refractivity contribution in [3.8, 4) is 0 Å². The maximum absolute atomic E-state index is 12.9. The maximum atomic E-state index is 12.9. The molecular weight excluding hydrogens is 414 g/mol. The predicted octanol–water partition coefficient (Wildman–Crippen LogP) is 3.54. The molecule has 2 aromatic carbocycles. The Morgan fingerprint density at radius 3 is 2.27 bits per heavy atom. The van der Waals surface area contributed by atoms with Crippen LogP contribution in [0.4, 0.5) is 5.69 Å². The molecule has 2 amide bonds. The van der Waals surface area contributed by atoms with Gasteiger partial charge in [-0.15, -0.1) is 0 Å². The van der Waals surface area contributed by atoms with E-state index in [-0.39, 0.29) is 11.8 Å². The number of piperazine rings is 1. The minimum atomic E-state index is -0.170. The maximum Gasteiger partial charge on any atom is 0.255 e. The molecule has 5 rings (SSSR count). The van der Waals surface area contributed by atoms with E-state index in [0.717, 1.165) is 31.0 Å². The summed E-state index contributed by atoms with van der Waals surface area (Å²) >= 11 is 0. The van der Waals surface area contributed by atoms with Crippen molar-refractivity contribution >= 4 is 23.1 Å². The monoisotopic (exact) mass is 439 g/mol. The van der Waals surface area contributed by atoms with E-state index in [2.05, 4.69) is 21.4 Å². The number of rotatable bonds is 5. The van der Waals surface area contributed by atoms with Crippen molar-refractivity contribution in [3.05, 3.63) is 102 Å². The molecule has 0 atom stereocenters. The smallest absolute Gasteiger partial charge is 0.255 e. The minimum absolute atomic E-state index is 0.0170. The molecule has 0 aliphatic carbocycles. The van der Waals surface area contributed by atoms with Gasteiger partial charge in [0.2, 0.25) is 0 Å². The van der Waals surface area contributed by atoms with Crippen LogP contribution in [0.15, 0.2) is 85.2 Å². The molecule has 0 spiro atoms. The van der Waals surface area contributed by atoms with Crippen molar-refractivity contribution in [1.29, 1.82) is 0 Å². The summed E-state index contributed by atoms with van der Waals surface area (Å²) in [7, 11) is 0. The predicted molar refractivity (Wildman–Crippen MR) is 127 cm³/mol. The van der Waals surface area contributed by atoms with Crippen LogP contribution in [-0.4, -0.2) is 57.2 Å². The Kier molecular flexibility index (Phi) is 5.87. The van der Waals surface area contributed by atoms with Gasteiger partial charge in [-0.25, -0.2) is 4.98 Å². The number of pyridine rings is 1. The van der Waals surface area contributed by atoms with Gasteiger partial charge in [-0.05, 0) is 48.5 Å². The molecule has 1 aliphatic rings. The number of carbonyl (C=O) groups is 2. The van der Waals surface area contributed by atoms with Crippen LogP contribution in [0.1, 0.15) is 26.4 Å². The van der Waals surface area contributed by atoms with Crippen molar-refractivity contribution < 1.29 is 9.59 Å². The van der Waals surface area contributed by atoms with Gasteiger partial charge in [0.1, 0.15) is 5.65 Å². The fraction of sp³-hybridized carbons (Fsp3) is 0.192. The first-order valence-electron chi connectivity index (χ1n) is 11.1. The van der Waals surface area contributed by atoms with Gasteiger partial charge >= 0.3 is 0 Å². The van der Waals surface area contributed by atoms with E-state index >= 15 is 0 Å². The van der Waals surface area contributed by atoms with Gasteiger partial charge in [-0.3, -0.25) is 14.5 Å². The van der Waals surface area contributed by atoms with Gasteiger partial charge in [-0.1, -0.05) is 24.3 Å². The molecule has 166 valence electrons. The first kappa shape index (κ1) is 20.9. The quantitative estimate of drug-likeness (QED) is 0.516. The fourth-order valence-electron chi connectivity index (χ4n) is 4.07. The number of hydrogen-bond acceptors (Lipinski definition) is 4. The Morgan fingerprint density at radius 2 is 1.55 bits per heavy atom. The highest BCUT2D eigenvalue weighted by atomic mass is 16.2. The van der Waals surface area contributed by atoms with E-state index < -0.39 is 0 Å². The van der Waals surface area contributed by atoms with Crippen molar-refractivity contribution in [2.24, 2.45) is 0 Å². The van der Waals surface area contributed by atoms with Crippen molar-refractivity contribution in [3.63, 3.8) is 0 Å². The topological polar surface area (TPSA) is 70.0 Å². The summed E-state index contributed by atoms with van der Waals surface area (Å²) in [5.41, 5.74) is 3.87. The first-order valence-corrected chi connectivity index (χ1v) is 11.1. The normalized spacial score (nSPS) is 14.4. The summed E-state index contributed by atoms with van der Waals surface area (Å²) in [6.45, 7) is 3.76. The van der Waals surface area contributed by atoms with Crippen LogP contribution < -0.4 is 5.32 Å². The number of aromatic nitrogens is 2. The number of carbonyl (C=O) groups excluding carboxylic acids is 2. The molecule has 3 heterocycles. The summed E-state index contributed by atoms with van der Waals surface area (Å²) in [6.07, 6.45) is 4.06. The molecule has 0 radical (unpaired) electrons. The average Bonchev–Trinajstić information content (AvgIpc) is 3.27. The summed E-state index contributed by atoms with van der Waals surface area (Å²) in [4.78, 5) is 34.1. The van der Waals surface area contributed by atoms with Gasteiger partial charge < -0.3 is 14.6 Å². The summed E-state index contributed by atoms with van der Waals surface area (Å²) in [5, 5.41) is 2.86. The van der Waals surface area contributed by atoms with Gasteiger partial charge in [0.05, 0.1) is 5.69 Å². The number of nitrogens with zero attached hydrogens (tertiary/aromatic N) is 4. The highest BCUT2D eigenvalue weighted by Crippen LogP contribution is 2.15. The standard InChI is InChI=1S/C26H25N5O2/c32-25(20-6-2-1-3-7-20)28-22-11-9-21(10-12-22)26(33)30-16-14-29(15-17-30)18-23-19-31-13-5-4-8-24(31)27-23/h1-13,19H,14-18H2,(H,28,32). The number of anilines is 1. The number of imidazole rings is 1. The number of amides is 2. The Bertz CT molecular complexity index is 1230. The lowest BCUT2D eigenvalue weighted by Crippen LogP contribution is -2.48. The molecule has 0 saturated carbocycles. The van der Waals surface area contributed by atoms with Crippen LogP contribution in [-0.2, 0) is 6.54 Å². The second-order valence-electron chi connectivity index (χ2n) is 8.16. The number of nitrogens with one attached hydrogen (secondary N) is 1. The largest absolute Gasteiger partial charge is 0.336 e. The Labute approximate surface area is 192 Å². The van der Waals surface area contributed by atoms with E-state index in [1.807, 2.05) is 51.9 Å². The zero-order valence-corrected chi connectivity index (χ0v) is 18.2. The highest BCUT2D eigenvalue weighted by molar-refractivity contribution is 6.04. The summed E-state index contributed by atoms with van der Waals surface area (Å²) in [6, 6.07) is 22.1. The van der Waals surface area contributed by atoms with Crippen molar-refractivity contribution in [2.45, 2.75) is 6.54 Å². The van der Waals surface area contributed by atoms with Crippen LogP contribution in [0, 0.1) is 0 Å². The molecule has 1 N–H and O–H groups in total. The zero-order chi connectivity index (χ0) is 22.6. The van der Waals surface area contributed by atoms with Crippen molar-refractivity contribution in [2.75, 3.05) is 31.5 Å². The van der Waals surface area contributed by atoms with Crippen molar-refractivity contribution in [1.82, 2.24) is 19.2 Å². The van der Waals surface area contributed by atoms with E-state index in [0.29, 0.717) is 29.9 Å². The van der Waals surface area contributed by atoms with E-state index in [1.54, 1.807) is 36.4 Å². The molecular formula is C26H25N5O2. The molecule has 7 heteroatoms. The number of benzene rings is 2.